The minimum atomic E-state index is -0.826. The number of aromatic nitrogens is 1. The molecule has 0 spiro atoms. The van der Waals surface area contributed by atoms with Crippen molar-refractivity contribution >= 4 is 11.8 Å². The number of hydrogen-bond acceptors (Lipinski definition) is 4. The number of hydrogen-bond donors (Lipinski definition) is 2. The van der Waals surface area contributed by atoms with Gasteiger partial charge in [-0.2, -0.15) is 5.26 Å². The van der Waals surface area contributed by atoms with Crippen LogP contribution in [0.3, 0.4) is 0 Å². The summed E-state index contributed by atoms with van der Waals surface area (Å²) in [6.07, 6.45) is 4.31. The summed E-state index contributed by atoms with van der Waals surface area (Å²) in [4.78, 5) is 15.1. The van der Waals surface area contributed by atoms with Crippen LogP contribution < -0.4 is 5.32 Å². The molecule has 0 atom stereocenters. The van der Waals surface area contributed by atoms with Gasteiger partial charge >= 0.3 is 5.97 Å². The Bertz CT molecular complexity index is 515. The molecule has 0 bridgehead atoms. The van der Waals surface area contributed by atoms with E-state index in [0.717, 1.165) is 24.8 Å². The summed E-state index contributed by atoms with van der Waals surface area (Å²) in [7, 11) is 0. The number of nitrogens with one attached hydrogen (secondary N) is 1. The van der Waals surface area contributed by atoms with E-state index in [1.54, 1.807) is 12.3 Å². The number of nitrogens with zero attached hydrogens (tertiary/aromatic N) is 2. The highest BCUT2D eigenvalue weighted by molar-refractivity contribution is 5.70. The van der Waals surface area contributed by atoms with E-state index in [4.69, 9.17) is 10.4 Å². The molecule has 2 rings (SSSR count). The summed E-state index contributed by atoms with van der Waals surface area (Å²) in [5, 5.41) is 21.2. The lowest BCUT2D eigenvalue weighted by molar-refractivity contribution is -0.138. The molecule has 2 N–H and O–H groups in total. The lowest BCUT2D eigenvalue weighted by Crippen LogP contribution is -2.47. The Morgan fingerprint density at radius 1 is 1.67 bits per heavy atom. The summed E-state index contributed by atoms with van der Waals surface area (Å²) in [6, 6.07) is 3.89. The first-order valence-corrected chi connectivity index (χ1v) is 5.92. The standard InChI is InChI=1S/C13H15N3O2/c1-9-3-6-15-12(10(9)8-14)16-13(4-2-5-13)7-11(17)18/h3,6H,2,4-5,7H2,1H3,(H,15,16)(H,17,18). The number of rotatable bonds is 4. The second kappa shape index (κ2) is 4.65. The van der Waals surface area contributed by atoms with Gasteiger partial charge in [0, 0.05) is 11.7 Å². The number of aryl methyl sites for hydroxylation is 1. The van der Waals surface area contributed by atoms with Gasteiger partial charge in [-0.15, -0.1) is 0 Å². The largest absolute Gasteiger partial charge is 0.481 e. The minimum absolute atomic E-state index is 0.0630. The number of carboxylic acids is 1. The quantitative estimate of drug-likeness (QED) is 0.848. The molecular weight excluding hydrogens is 230 g/mol. The van der Waals surface area contributed by atoms with Crippen LogP contribution in [-0.2, 0) is 4.79 Å². The second-order valence-corrected chi connectivity index (χ2v) is 4.79. The van der Waals surface area contributed by atoms with Crippen molar-refractivity contribution in [3.05, 3.63) is 23.4 Å². The van der Waals surface area contributed by atoms with Crippen LogP contribution in [0, 0.1) is 18.3 Å². The predicted octanol–water partition coefficient (Wildman–Crippen LogP) is 2.07. The topological polar surface area (TPSA) is 86.0 Å². The Hall–Kier alpha value is -2.09. The molecule has 0 aromatic carbocycles. The summed E-state index contributed by atoms with van der Waals surface area (Å²) < 4.78 is 0. The monoisotopic (exact) mass is 245 g/mol. The smallest absolute Gasteiger partial charge is 0.305 e. The summed E-state index contributed by atoms with van der Waals surface area (Å²) in [5.74, 6) is -0.327. The van der Waals surface area contributed by atoms with Gasteiger partial charge in [0.15, 0.2) is 0 Å². The van der Waals surface area contributed by atoms with Gasteiger partial charge in [0.1, 0.15) is 11.9 Å². The molecule has 5 nitrogen and oxygen atoms in total. The molecule has 1 aliphatic rings. The first kappa shape index (κ1) is 12.4. The Morgan fingerprint density at radius 2 is 2.39 bits per heavy atom. The molecule has 94 valence electrons. The number of carbonyl (C=O) groups is 1. The number of nitriles is 1. The molecule has 1 aromatic heterocycles. The highest BCUT2D eigenvalue weighted by Gasteiger charge is 2.39. The van der Waals surface area contributed by atoms with Gasteiger partial charge in [-0.25, -0.2) is 4.98 Å². The minimum Gasteiger partial charge on any atom is -0.481 e. The van der Waals surface area contributed by atoms with Crippen LogP contribution in [0.25, 0.3) is 0 Å². The second-order valence-electron chi connectivity index (χ2n) is 4.79. The predicted molar refractivity (Wildman–Crippen MR) is 66.1 cm³/mol. The zero-order valence-electron chi connectivity index (χ0n) is 10.2. The van der Waals surface area contributed by atoms with Gasteiger partial charge in [-0.1, -0.05) is 0 Å². The fourth-order valence-electron chi connectivity index (χ4n) is 2.28. The van der Waals surface area contributed by atoms with Crippen molar-refractivity contribution in [2.75, 3.05) is 5.32 Å². The first-order valence-electron chi connectivity index (χ1n) is 5.92. The lowest BCUT2D eigenvalue weighted by Gasteiger charge is -2.42. The van der Waals surface area contributed by atoms with Crippen LogP contribution in [0.2, 0.25) is 0 Å². The highest BCUT2D eigenvalue weighted by atomic mass is 16.4. The van der Waals surface area contributed by atoms with E-state index < -0.39 is 11.5 Å². The van der Waals surface area contributed by atoms with Crippen LogP contribution in [0.15, 0.2) is 12.3 Å². The third-order valence-electron chi connectivity index (χ3n) is 3.45. The molecule has 1 aromatic rings. The van der Waals surface area contributed by atoms with Crippen molar-refractivity contribution in [1.82, 2.24) is 4.98 Å². The van der Waals surface area contributed by atoms with Gasteiger partial charge in [0.05, 0.1) is 12.0 Å². The van der Waals surface area contributed by atoms with E-state index >= 15 is 0 Å². The molecular formula is C13H15N3O2. The number of pyridine rings is 1. The molecule has 0 aliphatic heterocycles. The van der Waals surface area contributed by atoms with Crippen LogP contribution in [-0.4, -0.2) is 21.6 Å². The van der Waals surface area contributed by atoms with Crippen molar-refractivity contribution in [3.63, 3.8) is 0 Å². The zero-order valence-corrected chi connectivity index (χ0v) is 10.2. The summed E-state index contributed by atoms with van der Waals surface area (Å²) in [5.41, 5.74) is 0.909. The van der Waals surface area contributed by atoms with Crippen LogP contribution in [0.1, 0.15) is 36.8 Å². The van der Waals surface area contributed by atoms with Crippen molar-refractivity contribution < 1.29 is 9.90 Å². The first-order chi connectivity index (χ1) is 8.56. The molecule has 0 saturated heterocycles. The average molecular weight is 245 g/mol. The molecule has 1 fully saturated rings. The van der Waals surface area contributed by atoms with Crippen molar-refractivity contribution in [2.45, 2.75) is 38.1 Å². The van der Waals surface area contributed by atoms with Crippen LogP contribution >= 0.6 is 0 Å². The molecule has 0 amide bonds. The fraction of sp³-hybridized carbons (Fsp3) is 0.462. The van der Waals surface area contributed by atoms with Crippen molar-refractivity contribution in [2.24, 2.45) is 0 Å². The van der Waals surface area contributed by atoms with Crippen molar-refractivity contribution in [1.29, 1.82) is 5.26 Å². The average Bonchev–Trinajstić information content (AvgIpc) is 2.25. The molecule has 0 unspecified atom stereocenters. The van der Waals surface area contributed by atoms with Gasteiger partial charge in [0.2, 0.25) is 0 Å². The third kappa shape index (κ3) is 2.28. The van der Waals surface area contributed by atoms with Gasteiger partial charge in [0.25, 0.3) is 0 Å². The summed E-state index contributed by atoms with van der Waals surface area (Å²) in [6.45, 7) is 1.84. The Balaban J connectivity index is 2.26. The van der Waals surface area contributed by atoms with Gasteiger partial charge < -0.3 is 10.4 Å². The fourth-order valence-corrected chi connectivity index (χ4v) is 2.28. The normalized spacial score (nSPS) is 16.4. The van der Waals surface area contributed by atoms with E-state index in [0.29, 0.717) is 11.4 Å². The lowest BCUT2D eigenvalue weighted by atomic mass is 9.74. The molecule has 1 aliphatic carbocycles. The highest BCUT2D eigenvalue weighted by Crippen LogP contribution is 2.38. The number of carboxylic acid groups (broad SMARTS) is 1. The van der Waals surface area contributed by atoms with Crippen molar-refractivity contribution in [3.8, 4) is 6.07 Å². The Labute approximate surface area is 105 Å². The van der Waals surface area contributed by atoms with Gasteiger partial charge in [-0.05, 0) is 37.8 Å². The molecule has 18 heavy (non-hydrogen) atoms. The third-order valence-corrected chi connectivity index (χ3v) is 3.45. The maximum absolute atomic E-state index is 10.9. The summed E-state index contributed by atoms with van der Waals surface area (Å²) >= 11 is 0. The molecule has 5 heteroatoms. The SMILES string of the molecule is Cc1ccnc(NC2(CC(=O)O)CCC2)c1C#N. The Morgan fingerprint density at radius 3 is 2.89 bits per heavy atom. The number of anilines is 1. The molecule has 0 radical (unpaired) electrons. The van der Waals surface area contributed by atoms with E-state index in [1.807, 2.05) is 6.92 Å². The Kier molecular flexibility index (Phi) is 3.19. The van der Waals surface area contributed by atoms with Crippen LogP contribution in [0.5, 0.6) is 0 Å². The molecule has 1 saturated carbocycles. The van der Waals surface area contributed by atoms with E-state index in [9.17, 15) is 4.79 Å². The van der Waals surface area contributed by atoms with E-state index in [2.05, 4.69) is 16.4 Å². The van der Waals surface area contributed by atoms with E-state index in [1.165, 1.54) is 0 Å². The zero-order chi connectivity index (χ0) is 13.2. The maximum atomic E-state index is 10.9. The van der Waals surface area contributed by atoms with Crippen LogP contribution in [0.4, 0.5) is 5.82 Å². The maximum Gasteiger partial charge on any atom is 0.305 e. The van der Waals surface area contributed by atoms with E-state index in [-0.39, 0.29) is 6.42 Å². The molecule has 1 heterocycles. The van der Waals surface area contributed by atoms with Gasteiger partial charge in [-0.3, -0.25) is 4.79 Å². The number of aliphatic carboxylic acids is 1.